The summed E-state index contributed by atoms with van der Waals surface area (Å²) in [5, 5.41) is 9.35. The van der Waals surface area contributed by atoms with Crippen molar-refractivity contribution in [2.45, 2.75) is 0 Å². The van der Waals surface area contributed by atoms with Gasteiger partial charge in [-0.2, -0.15) is 0 Å². The second-order valence-electron chi connectivity index (χ2n) is 5.23. The summed E-state index contributed by atoms with van der Waals surface area (Å²) in [4.78, 5) is 4.57. The number of rotatable bonds is 4. The third-order valence-corrected chi connectivity index (χ3v) is 5.87. The standard InChI is InChI=1S/C17H13IN5P/c1-2-12-8-14-6-7-22(16(14)19-10-12)15-5-3-4-13(9-15)17-21-20-11-23(17)24-18/h2-11,24H,1H2. The first kappa shape index (κ1) is 15.5. The van der Waals surface area contributed by atoms with Gasteiger partial charge in [0.05, 0.1) is 6.37 Å². The number of pyridine rings is 1. The van der Waals surface area contributed by atoms with E-state index in [-0.39, 0.29) is 0 Å². The van der Waals surface area contributed by atoms with E-state index in [1.54, 1.807) is 6.33 Å². The molecule has 0 fully saturated rings. The van der Waals surface area contributed by atoms with Gasteiger partial charge in [0.25, 0.3) is 0 Å². The van der Waals surface area contributed by atoms with Gasteiger partial charge in [0, 0.05) is 29.0 Å². The summed E-state index contributed by atoms with van der Waals surface area (Å²) in [6, 6.07) is 12.4. The van der Waals surface area contributed by atoms with Gasteiger partial charge in [-0.05, 0) is 51.9 Å². The van der Waals surface area contributed by atoms with E-state index in [1.165, 1.54) is 0 Å². The van der Waals surface area contributed by atoms with E-state index in [4.69, 9.17) is 0 Å². The van der Waals surface area contributed by atoms with E-state index in [9.17, 15) is 0 Å². The van der Waals surface area contributed by atoms with Crippen molar-refractivity contribution in [3.05, 3.63) is 67.3 Å². The SMILES string of the molecule is C=Cc1cnc2c(ccn2-c2cccc(-c3nncn3PI)c2)c1. The van der Waals surface area contributed by atoms with Gasteiger partial charge in [0.1, 0.15) is 12.0 Å². The molecular weight excluding hydrogens is 432 g/mol. The number of aromatic nitrogens is 5. The van der Waals surface area contributed by atoms with Crippen molar-refractivity contribution in [3.8, 4) is 17.1 Å². The lowest BCUT2D eigenvalue weighted by Crippen LogP contribution is -1.95. The minimum atomic E-state index is 0.564. The van der Waals surface area contributed by atoms with E-state index < -0.39 is 0 Å². The summed E-state index contributed by atoms with van der Waals surface area (Å²) in [5.41, 5.74) is 4.03. The number of hydrogen-bond acceptors (Lipinski definition) is 3. The minimum absolute atomic E-state index is 0.564. The maximum Gasteiger partial charge on any atom is 0.167 e. The van der Waals surface area contributed by atoms with Crippen molar-refractivity contribution in [1.29, 1.82) is 0 Å². The molecule has 0 N–H and O–H groups in total. The van der Waals surface area contributed by atoms with Gasteiger partial charge in [-0.15, -0.1) is 10.2 Å². The third kappa shape index (κ3) is 2.65. The topological polar surface area (TPSA) is 48.5 Å². The molecule has 3 aromatic heterocycles. The molecule has 3 heterocycles. The Morgan fingerprint density at radius 1 is 1.21 bits per heavy atom. The monoisotopic (exact) mass is 445 g/mol. The van der Waals surface area contributed by atoms with Gasteiger partial charge in [-0.25, -0.2) is 4.98 Å². The maximum absolute atomic E-state index is 4.57. The molecule has 0 saturated heterocycles. The molecule has 24 heavy (non-hydrogen) atoms. The molecule has 4 rings (SSSR count). The molecule has 0 radical (unpaired) electrons. The van der Waals surface area contributed by atoms with Crippen molar-refractivity contribution >= 4 is 45.5 Å². The van der Waals surface area contributed by atoms with Crippen LogP contribution < -0.4 is 0 Å². The average Bonchev–Trinajstić information content (AvgIpc) is 3.27. The fraction of sp³-hybridized carbons (Fsp3) is 0. The lowest BCUT2D eigenvalue weighted by atomic mass is 10.2. The number of benzene rings is 1. The van der Waals surface area contributed by atoms with Crippen LogP contribution in [0.5, 0.6) is 0 Å². The molecule has 1 atom stereocenters. The second kappa shape index (κ2) is 6.45. The molecule has 0 saturated carbocycles. The number of fused-ring (bicyclic) bond motifs is 1. The highest BCUT2D eigenvalue weighted by Crippen LogP contribution is 2.31. The zero-order valence-electron chi connectivity index (χ0n) is 12.6. The molecule has 0 amide bonds. The van der Waals surface area contributed by atoms with Crippen LogP contribution in [0.25, 0.3) is 34.2 Å². The van der Waals surface area contributed by atoms with Gasteiger partial charge in [0.2, 0.25) is 0 Å². The molecule has 0 bridgehead atoms. The van der Waals surface area contributed by atoms with Gasteiger partial charge >= 0.3 is 0 Å². The summed E-state index contributed by atoms with van der Waals surface area (Å²) < 4.78 is 4.13. The van der Waals surface area contributed by atoms with Gasteiger partial charge in [-0.3, -0.25) is 4.34 Å². The zero-order chi connectivity index (χ0) is 16.5. The smallest absolute Gasteiger partial charge is 0.167 e. The van der Waals surface area contributed by atoms with E-state index >= 15 is 0 Å². The summed E-state index contributed by atoms with van der Waals surface area (Å²) >= 11 is 2.33. The Morgan fingerprint density at radius 3 is 2.96 bits per heavy atom. The summed E-state index contributed by atoms with van der Waals surface area (Å²) in [6.07, 6.45) is 8.01. The maximum atomic E-state index is 4.57. The minimum Gasteiger partial charge on any atom is -0.301 e. The molecule has 7 heteroatoms. The van der Waals surface area contributed by atoms with Crippen LogP contribution in [-0.4, -0.2) is 24.1 Å². The molecule has 1 aromatic carbocycles. The summed E-state index contributed by atoms with van der Waals surface area (Å²) in [6.45, 7) is 3.80. The van der Waals surface area contributed by atoms with Crippen LogP contribution in [-0.2, 0) is 0 Å². The Bertz CT molecular complexity index is 1040. The first-order valence-electron chi connectivity index (χ1n) is 7.27. The molecule has 1 unspecified atom stereocenters. The van der Waals surface area contributed by atoms with Crippen molar-refractivity contribution < 1.29 is 0 Å². The average molecular weight is 445 g/mol. The second-order valence-corrected chi connectivity index (χ2v) is 7.33. The predicted octanol–water partition coefficient (Wildman–Crippen LogP) is 4.72. The first-order valence-corrected chi connectivity index (χ1v) is 11.3. The zero-order valence-corrected chi connectivity index (χ0v) is 15.8. The summed E-state index contributed by atoms with van der Waals surface area (Å²) in [7, 11) is 0. The van der Waals surface area contributed by atoms with Crippen LogP contribution in [0.2, 0.25) is 0 Å². The Labute approximate surface area is 153 Å². The number of nitrogens with zero attached hydrogens (tertiary/aromatic N) is 5. The fourth-order valence-electron chi connectivity index (χ4n) is 2.65. The third-order valence-electron chi connectivity index (χ3n) is 3.80. The van der Waals surface area contributed by atoms with Crippen molar-refractivity contribution in [1.82, 2.24) is 24.1 Å². The van der Waals surface area contributed by atoms with Gasteiger partial charge in [-0.1, -0.05) is 24.8 Å². The normalized spacial score (nSPS) is 11.5. The van der Waals surface area contributed by atoms with Crippen LogP contribution in [0.1, 0.15) is 5.56 Å². The summed E-state index contributed by atoms with van der Waals surface area (Å²) in [5.74, 6) is 0.878. The van der Waals surface area contributed by atoms with Crippen LogP contribution in [0.3, 0.4) is 0 Å². The first-order chi connectivity index (χ1) is 11.8. The molecule has 0 spiro atoms. The Morgan fingerprint density at radius 2 is 2.12 bits per heavy atom. The highest BCUT2D eigenvalue weighted by atomic mass is 127. The van der Waals surface area contributed by atoms with Crippen molar-refractivity contribution in [2.24, 2.45) is 0 Å². The highest BCUT2D eigenvalue weighted by Gasteiger charge is 2.10. The lowest BCUT2D eigenvalue weighted by Gasteiger charge is -2.08. The molecule has 4 aromatic rings. The Balaban J connectivity index is 1.83. The van der Waals surface area contributed by atoms with Crippen LogP contribution in [0, 0.1) is 0 Å². The van der Waals surface area contributed by atoms with Crippen molar-refractivity contribution in [2.75, 3.05) is 0 Å². The molecule has 0 aliphatic heterocycles. The number of hydrogen-bond donors (Lipinski definition) is 0. The van der Waals surface area contributed by atoms with Gasteiger partial charge < -0.3 is 4.57 Å². The number of halogens is 1. The van der Waals surface area contributed by atoms with Crippen LogP contribution >= 0.6 is 28.4 Å². The molecule has 118 valence electrons. The van der Waals surface area contributed by atoms with Crippen LogP contribution in [0.15, 0.2) is 61.7 Å². The van der Waals surface area contributed by atoms with E-state index in [1.807, 2.05) is 28.9 Å². The van der Waals surface area contributed by atoms with Gasteiger partial charge in [0.15, 0.2) is 5.82 Å². The van der Waals surface area contributed by atoms with Crippen molar-refractivity contribution in [3.63, 3.8) is 0 Å². The lowest BCUT2D eigenvalue weighted by molar-refractivity contribution is 1.08. The largest absolute Gasteiger partial charge is 0.301 e. The molecular formula is C17H13IN5P. The van der Waals surface area contributed by atoms with E-state index in [0.717, 1.165) is 33.7 Å². The highest BCUT2D eigenvalue weighted by molar-refractivity contribution is 14.2. The molecule has 0 aliphatic carbocycles. The fourth-order valence-corrected chi connectivity index (χ4v) is 4.06. The predicted molar refractivity (Wildman–Crippen MR) is 108 cm³/mol. The molecule has 0 aliphatic rings. The Kier molecular flexibility index (Phi) is 4.16. The Hall–Kier alpha value is -2.05. The molecule has 5 nitrogen and oxygen atoms in total. The van der Waals surface area contributed by atoms with E-state index in [2.05, 4.69) is 78.7 Å². The van der Waals surface area contributed by atoms with E-state index in [0.29, 0.717) is 6.37 Å². The van der Waals surface area contributed by atoms with Crippen LogP contribution in [0.4, 0.5) is 0 Å². The quantitative estimate of drug-likeness (QED) is 0.338.